The summed E-state index contributed by atoms with van der Waals surface area (Å²) in [7, 11) is -4.08. The Morgan fingerprint density at radius 2 is 1.76 bits per heavy atom. The van der Waals surface area contributed by atoms with Crippen molar-refractivity contribution < 1.29 is 28.2 Å². The Morgan fingerprint density at radius 1 is 1.05 bits per heavy atom. The number of aryl methyl sites for hydroxylation is 1. The Kier molecular flexibility index (Phi) is 9.58. The molecule has 2 atom stereocenters. The molecule has 0 bridgehead atoms. The molecule has 1 aliphatic rings. The number of phenols is 1. The van der Waals surface area contributed by atoms with Crippen molar-refractivity contribution in [3.8, 4) is 5.75 Å². The monoisotopic (exact) mass is 596 g/mol. The molecule has 1 aliphatic heterocycles. The van der Waals surface area contributed by atoms with Gasteiger partial charge in [-0.1, -0.05) is 48.5 Å². The molecule has 1 saturated heterocycles. The number of sulfonamides is 1. The summed E-state index contributed by atoms with van der Waals surface area (Å²) in [5.41, 5.74) is 2.98. The van der Waals surface area contributed by atoms with Crippen LogP contribution < -0.4 is 16.0 Å². The van der Waals surface area contributed by atoms with Crippen molar-refractivity contribution in [1.82, 2.24) is 14.9 Å². The van der Waals surface area contributed by atoms with Crippen LogP contribution in [0.25, 0.3) is 0 Å². The van der Waals surface area contributed by atoms with Crippen molar-refractivity contribution in [3.05, 3.63) is 89.5 Å². The third-order valence-corrected chi connectivity index (χ3v) is 9.01. The van der Waals surface area contributed by atoms with Crippen LogP contribution >= 0.6 is 12.2 Å². The highest BCUT2D eigenvalue weighted by atomic mass is 32.2. The molecular weight excluding hydrogens is 564 g/mol. The van der Waals surface area contributed by atoms with Gasteiger partial charge < -0.3 is 26.2 Å². The maximum Gasteiger partial charge on any atom is 0.326 e. The number of anilines is 1. The van der Waals surface area contributed by atoms with Crippen LogP contribution in [0.2, 0.25) is 0 Å². The molecule has 1 heterocycles. The van der Waals surface area contributed by atoms with Gasteiger partial charge in [0, 0.05) is 31.3 Å². The van der Waals surface area contributed by atoms with E-state index in [-0.39, 0.29) is 30.0 Å². The zero-order valence-electron chi connectivity index (χ0n) is 22.4. The van der Waals surface area contributed by atoms with Crippen LogP contribution in [-0.2, 0) is 32.6 Å². The first-order chi connectivity index (χ1) is 19.5. The first-order valence-corrected chi connectivity index (χ1v) is 14.9. The van der Waals surface area contributed by atoms with Crippen LogP contribution in [0.5, 0.6) is 5.75 Å². The number of thiocarbonyl (C=S) groups is 1. The van der Waals surface area contributed by atoms with Gasteiger partial charge >= 0.3 is 5.97 Å². The molecular formula is C29H32N4O6S2. The highest BCUT2D eigenvalue weighted by Crippen LogP contribution is 2.29. The maximum atomic E-state index is 13.2. The summed E-state index contributed by atoms with van der Waals surface area (Å²) < 4.78 is 27.6. The van der Waals surface area contributed by atoms with Crippen molar-refractivity contribution in [1.29, 1.82) is 0 Å². The molecule has 0 aromatic heterocycles. The number of benzene rings is 3. The Hall–Kier alpha value is -4.00. The minimum absolute atomic E-state index is 0.00333. The van der Waals surface area contributed by atoms with Gasteiger partial charge in [-0.15, -0.1) is 0 Å². The van der Waals surface area contributed by atoms with Gasteiger partial charge in [0.25, 0.3) is 0 Å². The molecule has 3 aromatic rings. The van der Waals surface area contributed by atoms with E-state index in [1.165, 1.54) is 12.1 Å². The molecule has 0 spiro atoms. The quantitative estimate of drug-likeness (QED) is 0.223. The fraction of sp³-hybridized carbons (Fsp3) is 0.276. The van der Waals surface area contributed by atoms with E-state index in [0.717, 1.165) is 15.9 Å². The predicted octanol–water partition coefficient (Wildman–Crippen LogP) is 3.15. The number of nitrogens with one attached hydrogen (secondary N) is 3. The molecule has 10 nitrogen and oxygen atoms in total. The van der Waals surface area contributed by atoms with Crippen molar-refractivity contribution in [2.75, 3.05) is 11.9 Å². The molecule has 0 aliphatic carbocycles. The number of carbonyl (C=O) groups is 2. The summed E-state index contributed by atoms with van der Waals surface area (Å²) in [6.07, 6.45) is 0.709. The number of phenolic OH excluding ortho intramolecular Hbond substituents is 1. The topological polar surface area (TPSA) is 148 Å². The van der Waals surface area contributed by atoms with E-state index in [1.807, 2.05) is 30.3 Å². The van der Waals surface area contributed by atoms with Gasteiger partial charge in [-0.2, -0.15) is 4.31 Å². The van der Waals surface area contributed by atoms with Gasteiger partial charge in [0.15, 0.2) is 5.11 Å². The summed E-state index contributed by atoms with van der Waals surface area (Å²) in [4.78, 5) is 25.0. The average molecular weight is 597 g/mol. The van der Waals surface area contributed by atoms with Crippen molar-refractivity contribution in [2.24, 2.45) is 0 Å². The number of aromatic hydroxyl groups is 1. The van der Waals surface area contributed by atoms with E-state index in [0.29, 0.717) is 34.9 Å². The van der Waals surface area contributed by atoms with E-state index in [9.17, 15) is 28.2 Å². The van der Waals surface area contributed by atoms with E-state index in [4.69, 9.17) is 12.2 Å². The summed E-state index contributed by atoms with van der Waals surface area (Å²) in [5.74, 6) is -2.07. The highest BCUT2D eigenvalue weighted by Gasteiger charge is 2.40. The summed E-state index contributed by atoms with van der Waals surface area (Å²) in [5, 5.41) is 29.0. The van der Waals surface area contributed by atoms with Gasteiger partial charge in [0.1, 0.15) is 17.8 Å². The molecule has 1 amide bonds. The van der Waals surface area contributed by atoms with Crippen molar-refractivity contribution in [3.63, 3.8) is 0 Å². The smallest absolute Gasteiger partial charge is 0.326 e. The standard InChI is InChI=1S/C29H32N4O6S2/c1-19-9-14-23(17-26(19)34)41(38,39)33-15-5-8-25(33)27(35)32-24(28(36)37)16-20-10-12-22(13-11-20)31-29(40)30-18-21-6-3-2-4-7-21/h2-4,6-7,9-14,17,24-25,34H,5,8,15-16,18H2,1H3,(H,32,35)(H,36,37)(H2,30,31,40)/t24-,25-/m0/s1. The van der Waals surface area contributed by atoms with Crippen molar-refractivity contribution >= 4 is 44.9 Å². The molecule has 0 unspecified atom stereocenters. The minimum atomic E-state index is -4.08. The summed E-state index contributed by atoms with van der Waals surface area (Å²) in [6, 6.07) is 18.5. The third-order valence-electron chi connectivity index (χ3n) is 6.86. The number of carbonyl (C=O) groups excluding carboxylic acids is 1. The first kappa shape index (κ1) is 30.0. The number of hydrogen-bond acceptors (Lipinski definition) is 6. The Bertz CT molecular complexity index is 1510. The van der Waals surface area contributed by atoms with Gasteiger partial charge in [-0.3, -0.25) is 4.79 Å². The lowest BCUT2D eigenvalue weighted by molar-refractivity contribution is -0.142. The summed E-state index contributed by atoms with van der Waals surface area (Å²) in [6.45, 7) is 2.33. The molecule has 5 N–H and O–H groups in total. The second kappa shape index (κ2) is 13.1. The molecule has 41 heavy (non-hydrogen) atoms. The summed E-state index contributed by atoms with van der Waals surface area (Å²) >= 11 is 5.34. The Balaban J connectivity index is 1.36. The largest absolute Gasteiger partial charge is 0.508 e. The number of rotatable bonds is 10. The van der Waals surface area contributed by atoms with Crippen molar-refractivity contribution in [2.45, 2.75) is 49.7 Å². The lowest BCUT2D eigenvalue weighted by Crippen LogP contribution is -2.51. The van der Waals surface area contributed by atoms with Crippen LogP contribution in [0.1, 0.15) is 29.5 Å². The molecule has 0 radical (unpaired) electrons. The Morgan fingerprint density at radius 3 is 2.41 bits per heavy atom. The second-order valence-corrected chi connectivity index (χ2v) is 12.1. The average Bonchev–Trinajstić information content (AvgIpc) is 3.46. The lowest BCUT2D eigenvalue weighted by atomic mass is 10.0. The molecule has 0 saturated carbocycles. The molecule has 216 valence electrons. The van der Waals surface area contributed by atoms with E-state index < -0.39 is 34.0 Å². The predicted molar refractivity (Wildman–Crippen MR) is 159 cm³/mol. The van der Waals surface area contributed by atoms with E-state index >= 15 is 0 Å². The van der Waals surface area contributed by atoms with Crippen LogP contribution in [0.4, 0.5) is 5.69 Å². The molecule has 1 fully saturated rings. The van der Waals surface area contributed by atoms with Crippen LogP contribution in [0.15, 0.2) is 77.7 Å². The number of carboxylic acids is 1. The zero-order valence-corrected chi connectivity index (χ0v) is 24.0. The second-order valence-electron chi connectivity index (χ2n) is 9.82. The molecule has 4 rings (SSSR count). The minimum Gasteiger partial charge on any atom is -0.508 e. The van der Waals surface area contributed by atoms with Gasteiger partial charge in [0.05, 0.1) is 4.90 Å². The maximum absolute atomic E-state index is 13.2. The van der Waals surface area contributed by atoms with Gasteiger partial charge in [-0.05, 0) is 66.9 Å². The Labute approximate surface area is 244 Å². The zero-order chi connectivity index (χ0) is 29.6. The van der Waals surface area contributed by atoms with Crippen LogP contribution in [-0.4, -0.2) is 58.6 Å². The normalized spacial score (nSPS) is 16.1. The van der Waals surface area contributed by atoms with Gasteiger partial charge in [0.2, 0.25) is 15.9 Å². The number of amides is 1. The van der Waals surface area contributed by atoms with E-state index in [2.05, 4.69) is 16.0 Å². The van der Waals surface area contributed by atoms with Crippen LogP contribution in [0, 0.1) is 6.92 Å². The number of carboxylic acid groups (broad SMARTS) is 1. The highest BCUT2D eigenvalue weighted by molar-refractivity contribution is 7.89. The van der Waals surface area contributed by atoms with E-state index in [1.54, 1.807) is 31.2 Å². The fourth-order valence-electron chi connectivity index (χ4n) is 4.56. The SMILES string of the molecule is Cc1ccc(S(=O)(=O)N2CCC[C@H]2C(=O)N[C@@H](Cc2ccc(NC(=S)NCc3ccccc3)cc2)C(=O)O)cc1O. The number of nitrogens with zero attached hydrogens (tertiary/aromatic N) is 1. The first-order valence-electron chi connectivity index (χ1n) is 13.1. The fourth-order valence-corrected chi connectivity index (χ4v) is 6.42. The third kappa shape index (κ3) is 7.60. The number of hydrogen-bond donors (Lipinski definition) is 5. The molecule has 12 heteroatoms. The lowest BCUT2D eigenvalue weighted by Gasteiger charge is -2.25. The van der Waals surface area contributed by atoms with Crippen LogP contribution in [0.3, 0.4) is 0 Å². The van der Waals surface area contributed by atoms with Gasteiger partial charge in [-0.25, -0.2) is 13.2 Å². The molecule has 3 aromatic carbocycles. The number of aliphatic carboxylic acids is 1.